The number of nitrogens with zero attached hydrogens (tertiary/aromatic N) is 1. The summed E-state index contributed by atoms with van der Waals surface area (Å²) in [7, 11) is 0. The van der Waals surface area contributed by atoms with Gasteiger partial charge in [-0.3, -0.25) is 4.79 Å². The molecular weight excluding hydrogens is 248 g/mol. The zero-order valence-electron chi connectivity index (χ0n) is 11.4. The minimum absolute atomic E-state index is 0.141. The van der Waals surface area contributed by atoms with Crippen LogP contribution in [0.2, 0.25) is 0 Å². The summed E-state index contributed by atoms with van der Waals surface area (Å²) in [6.07, 6.45) is 2.37. The van der Waals surface area contributed by atoms with E-state index in [1.165, 1.54) is 0 Å². The molecule has 102 valence electrons. The van der Waals surface area contributed by atoms with Gasteiger partial charge in [0.25, 0.3) is 0 Å². The average molecular weight is 266 g/mol. The van der Waals surface area contributed by atoms with Crippen molar-refractivity contribution in [1.82, 2.24) is 0 Å². The molecule has 0 spiro atoms. The standard InChI is InChI=1S/C17H18N2O/c18-15-9-4-10-16-14(15)8-5-11-19(16)17(20)12-13-6-2-1-3-7-13/h1-4,6-7,9-10H,5,8,11-12,18H2. The predicted molar refractivity (Wildman–Crippen MR) is 81.7 cm³/mol. The van der Waals surface area contributed by atoms with Gasteiger partial charge in [0, 0.05) is 17.9 Å². The first kappa shape index (κ1) is 12.7. The minimum Gasteiger partial charge on any atom is -0.398 e. The first-order chi connectivity index (χ1) is 9.75. The number of amides is 1. The molecule has 0 aliphatic carbocycles. The van der Waals surface area contributed by atoms with Gasteiger partial charge < -0.3 is 10.6 Å². The van der Waals surface area contributed by atoms with E-state index in [-0.39, 0.29) is 5.91 Å². The first-order valence-corrected chi connectivity index (χ1v) is 6.97. The maximum Gasteiger partial charge on any atom is 0.231 e. The Kier molecular flexibility index (Phi) is 3.42. The number of hydrogen-bond donors (Lipinski definition) is 1. The Balaban J connectivity index is 1.86. The number of carbonyl (C=O) groups excluding carboxylic acids is 1. The molecule has 0 fully saturated rings. The number of nitrogen functional groups attached to an aromatic ring is 1. The van der Waals surface area contributed by atoms with Crippen molar-refractivity contribution in [3.63, 3.8) is 0 Å². The fourth-order valence-electron chi connectivity index (χ4n) is 2.78. The van der Waals surface area contributed by atoms with Crippen LogP contribution >= 0.6 is 0 Å². The van der Waals surface area contributed by atoms with Crippen molar-refractivity contribution in [2.75, 3.05) is 17.2 Å². The molecule has 20 heavy (non-hydrogen) atoms. The van der Waals surface area contributed by atoms with Gasteiger partial charge in [-0.2, -0.15) is 0 Å². The van der Waals surface area contributed by atoms with E-state index >= 15 is 0 Å². The third-order valence-corrected chi connectivity index (χ3v) is 3.79. The van der Waals surface area contributed by atoms with E-state index in [1.54, 1.807) is 0 Å². The highest BCUT2D eigenvalue weighted by atomic mass is 16.2. The second-order valence-electron chi connectivity index (χ2n) is 5.16. The Labute approximate surface area is 119 Å². The molecule has 2 aromatic rings. The Morgan fingerprint density at radius 2 is 1.90 bits per heavy atom. The topological polar surface area (TPSA) is 46.3 Å². The lowest BCUT2D eigenvalue weighted by atomic mass is 9.99. The lowest BCUT2D eigenvalue weighted by Gasteiger charge is -2.30. The quantitative estimate of drug-likeness (QED) is 0.850. The Morgan fingerprint density at radius 1 is 1.10 bits per heavy atom. The molecule has 3 rings (SSSR count). The second kappa shape index (κ2) is 5.37. The van der Waals surface area contributed by atoms with Gasteiger partial charge in [-0.15, -0.1) is 0 Å². The highest BCUT2D eigenvalue weighted by Gasteiger charge is 2.23. The largest absolute Gasteiger partial charge is 0.398 e. The van der Waals surface area contributed by atoms with Crippen LogP contribution in [0.15, 0.2) is 48.5 Å². The van der Waals surface area contributed by atoms with E-state index < -0.39 is 0 Å². The van der Waals surface area contributed by atoms with Gasteiger partial charge in [0.05, 0.1) is 6.42 Å². The molecule has 3 heteroatoms. The SMILES string of the molecule is Nc1cccc2c1CCCN2C(=O)Cc1ccccc1. The van der Waals surface area contributed by atoms with Crippen LogP contribution in [0.4, 0.5) is 11.4 Å². The van der Waals surface area contributed by atoms with E-state index in [0.717, 1.165) is 41.9 Å². The lowest BCUT2D eigenvalue weighted by molar-refractivity contribution is -0.118. The van der Waals surface area contributed by atoms with Crippen molar-refractivity contribution < 1.29 is 4.79 Å². The smallest absolute Gasteiger partial charge is 0.231 e. The maximum absolute atomic E-state index is 12.5. The number of nitrogens with two attached hydrogens (primary N) is 1. The molecule has 1 amide bonds. The van der Waals surface area contributed by atoms with Crippen molar-refractivity contribution >= 4 is 17.3 Å². The van der Waals surface area contributed by atoms with Crippen LogP contribution in [0.1, 0.15) is 17.5 Å². The first-order valence-electron chi connectivity index (χ1n) is 6.97. The third kappa shape index (κ3) is 2.39. The van der Waals surface area contributed by atoms with Gasteiger partial charge in [0.2, 0.25) is 5.91 Å². The number of hydrogen-bond acceptors (Lipinski definition) is 2. The molecule has 0 bridgehead atoms. The Morgan fingerprint density at radius 3 is 2.70 bits per heavy atom. The van der Waals surface area contributed by atoms with Gasteiger partial charge in [0.1, 0.15) is 0 Å². The summed E-state index contributed by atoms with van der Waals surface area (Å²) >= 11 is 0. The Hall–Kier alpha value is -2.29. The van der Waals surface area contributed by atoms with Gasteiger partial charge in [-0.05, 0) is 36.1 Å². The molecule has 0 aromatic heterocycles. The molecule has 1 aliphatic rings. The van der Waals surface area contributed by atoms with Crippen LogP contribution in [0.25, 0.3) is 0 Å². The summed E-state index contributed by atoms with van der Waals surface area (Å²) in [6, 6.07) is 15.7. The second-order valence-corrected chi connectivity index (χ2v) is 5.16. The summed E-state index contributed by atoms with van der Waals surface area (Å²) in [5, 5.41) is 0. The van der Waals surface area contributed by atoms with E-state index in [9.17, 15) is 4.79 Å². The van der Waals surface area contributed by atoms with Crippen LogP contribution in [-0.2, 0) is 17.6 Å². The summed E-state index contributed by atoms with van der Waals surface area (Å²) in [4.78, 5) is 14.4. The highest BCUT2D eigenvalue weighted by molar-refractivity contribution is 5.96. The predicted octanol–water partition coefficient (Wildman–Crippen LogP) is 2.79. The van der Waals surface area contributed by atoms with Crippen molar-refractivity contribution in [1.29, 1.82) is 0 Å². The van der Waals surface area contributed by atoms with Crippen LogP contribution in [-0.4, -0.2) is 12.5 Å². The summed E-state index contributed by atoms with van der Waals surface area (Å²) in [5.74, 6) is 0.141. The fourth-order valence-corrected chi connectivity index (χ4v) is 2.78. The molecule has 0 saturated heterocycles. The minimum atomic E-state index is 0.141. The fraction of sp³-hybridized carbons (Fsp3) is 0.235. The number of fused-ring (bicyclic) bond motifs is 1. The van der Waals surface area contributed by atoms with E-state index in [2.05, 4.69) is 0 Å². The molecule has 2 N–H and O–H groups in total. The summed E-state index contributed by atoms with van der Waals surface area (Å²) in [6.45, 7) is 0.780. The molecule has 2 aromatic carbocycles. The number of anilines is 2. The molecule has 0 radical (unpaired) electrons. The van der Waals surface area contributed by atoms with E-state index in [0.29, 0.717) is 6.42 Å². The molecular formula is C17H18N2O. The van der Waals surface area contributed by atoms with E-state index in [4.69, 9.17) is 5.73 Å². The number of carbonyl (C=O) groups is 1. The molecule has 1 heterocycles. The average Bonchev–Trinajstić information content (AvgIpc) is 2.48. The zero-order chi connectivity index (χ0) is 13.9. The van der Waals surface area contributed by atoms with Crippen molar-refractivity contribution in [2.45, 2.75) is 19.3 Å². The Bertz CT molecular complexity index is 622. The van der Waals surface area contributed by atoms with Crippen molar-refractivity contribution in [2.24, 2.45) is 0 Å². The van der Waals surface area contributed by atoms with Crippen LogP contribution in [0, 0.1) is 0 Å². The molecule has 0 saturated carbocycles. The lowest BCUT2D eigenvalue weighted by Crippen LogP contribution is -2.36. The van der Waals surface area contributed by atoms with E-state index in [1.807, 2.05) is 53.4 Å². The molecule has 3 nitrogen and oxygen atoms in total. The van der Waals surface area contributed by atoms with Crippen LogP contribution in [0.3, 0.4) is 0 Å². The van der Waals surface area contributed by atoms with Gasteiger partial charge >= 0.3 is 0 Å². The monoisotopic (exact) mass is 266 g/mol. The van der Waals surface area contributed by atoms with Gasteiger partial charge in [0.15, 0.2) is 0 Å². The molecule has 1 aliphatic heterocycles. The van der Waals surface area contributed by atoms with Crippen LogP contribution < -0.4 is 10.6 Å². The number of rotatable bonds is 2. The van der Waals surface area contributed by atoms with Crippen molar-refractivity contribution in [3.05, 3.63) is 59.7 Å². The van der Waals surface area contributed by atoms with Gasteiger partial charge in [-0.25, -0.2) is 0 Å². The van der Waals surface area contributed by atoms with Crippen molar-refractivity contribution in [3.8, 4) is 0 Å². The molecule has 0 atom stereocenters. The number of benzene rings is 2. The van der Waals surface area contributed by atoms with Crippen LogP contribution in [0.5, 0.6) is 0 Å². The zero-order valence-corrected chi connectivity index (χ0v) is 11.4. The summed E-state index contributed by atoms with van der Waals surface area (Å²) < 4.78 is 0. The highest BCUT2D eigenvalue weighted by Crippen LogP contribution is 2.31. The third-order valence-electron chi connectivity index (χ3n) is 3.79. The maximum atomic E-state index is 12.5. The summed E-state index contributed by atoms with van der Waals surface area (Å²) in [5.41, 5.74) is 9.95. The molecule has 0 unspecified atom stereocenters. The normalized spacial score (nSPS) is 13.9. The van der Waals surface area contributed by atoms with Gasteiger partial charge in [-0.1, -0.05) is 36.4 Å².